The molecule has 0 aliphatic carbocycles. The van der Waals surface area contributed by atoms with Gasteiger partial charge in [-0.25, -0.2) is 4.79 Å². The first-order valence-electron chi connectivity index (χ1n) is 10.2. The second kappa shape index (κ2) is 8.07. The molecule has 1 aromatic heterocycles. The average Bonchev–Trinajstić information content (AvgIpc) is 3.22. The van der Waals surface area contributed by atoms with Crippen LogP contribution in [0.15, 0.2) is 48.5 Å². The smallest absolute Gasteiger partial charge is 0.408 e. The van der Waals surface area contributed by atoms with Crippen LogP contribution in [0.1, 0.15) is 48.5 Å². The number of hydrogen-bond acceptors (Lipinski definition) is 5. The number of aldehydes is 1. The van der Waals surface area contributed by atoms with E-state index in [9.17, 15) is 14.7 Å². The van der Waals surface area contributed by atoms with Gasteiger partial charge in [-0.3, -0.25) is 4.79 Å². The summed E-state index contributed by atoms with van der Waals surface area (Å²) in [5, 5.41) is 14.4. The Morgan fingerprint density at radius 2 is 1.97 bits per heavy atom. The zero-order valence-electron chi connectivity index (χ0n) is 17.8. The molecular formula is C24H26N2O5. The molecule has 0 unspecified atom stereocenters. The van der Waals surface area contributed by atoms with Gasteiger partial charge < -0.3 is 24.5 Å². The molecule has 1 aliphatic rings. The molecule has 162 valence electrons. The summed E-state index contributed by atoms with van der Waals surface area (Å²) in [6.07, 6.45) is -0.704. The maximum atomic E-state index is 12.2. The summed E-state index contributed by atoms with van der Waals surface area (Å²) in [5.41, 5.74) is 2.30. The van der Waals surface area contributed by atoms with E-state index >= 15 is 0 Å². The monoisotopic (exact) mass is 422 g/mol. The lowest BCUT2D eigenvalue weighted by Crippen LogP contribution is -2.41. The minimum Gasteiger partial charge on any atom is -0.488 e. The number of aromatic nitrogens is 1. The number of nitrogens with one attached hydrogen (secondary N) is 1. The summed E-state index contributed by atoms with van der Waals surface area (Å²) < 4.78 is 13.2. The van der Waals surface area contributed by atoms with Crippen molar-refractivity contribution in [2.75, 3.05) is 0 Å². The number of alkyl carbamates (subject to hydrolysis) is 1. The number of carbonyl (C=O) groups excluding carboxylic acids is 2. The van der Waals surface area contributed by atoms with Gasteiger partial charge in [0.2, 0.25) is 0 Å². The predicted octanol–water partition coefficient (Wildman–Crippen LogP) is 3.97. The molecule has 7 heteroatoms. The van der Waals surface area contributed by atoms with Gasteiger partial charge in [0, 0.05) is 23.2 Å². The van der Waals surface area contributed by atoms with Crippen LogP contribution in [-0.2, 0) is 17.9 Å². The summed E-state index contributed by atoms with van der Waals surface area (Å²) >= 11 is 0. The number of benzene rings is 2. The fourth-order valence-corrected chi connectivity index (χ4v) is 3.82. The number of hydrogen-bond donors (Lipinski definition) is 2. The van der Waals surface area contributed by atoms with Gasteiger partial charge in [0.05, 0.1) is 11.6 Å². The SMILES string of the molecule is CC(C)(C)OC(=O)N[C@H]1Cn2c(cc3c(OCc4ccccc4)cc(C=O)cc32)[C@H]1O. The average molecular weight is 422 g/mol. The van der Waals surface area contributed by atoms with Gasteiger partial charge in [-0.2, -0.15) is 0 Å². The molecule has 2 aromatic carbocycles. The predicted molar refractivity (Wildman–Crippen MR) is 116 cm³/mol. The summed E-state index contributed by atoms with van der Waals surface area (Å²) in [7, 11) is 0. The first kappa shape index (κ1) is 20.9. The van der Waals surface area contributed by atoms with Gasteiger partial charge in [-0.1, -0.05) is 30.3 Å². The van der Waals surface area contributed by atoms with E-state index in [4.69, 9.17) is 9.47 Å². The maximum absolute atomic E-state index is 12.2. The molecule has 7 nitrogen and oxygen atoms in total. The van der Waals surface area contributed by atoms with Crippen LogP contribution in [0.3, 0.4) is 0 Å². The molecule has 2 atom stereocenters. The van der Waals surface area contributed by atoms with Crippen LogP contribution in [0.5, 0.6) is 5.75 Å². The lowest BCUT2D eigenvalue weighted by Gasteiger charge is -2.22. The molecule has 0 spiro atoms. The molecule has 1 amide bonds. The molecule has 0 saturated carbocycles. The number of fused-ring (bicyclic) bond motifs is 3. The highest BCUT2D eigenvalue weighted by Crippen LogP contribution is 2.38. The second-order valence-corrected chi connectivity index (χ2v) is 8.72. The zero-order valence-corrected chi connectivity index (χ0v) is 17.8. The van der Waals surface area contributed by atoms with Crippen LogP contribution in [0.2, 0.25) is 0 Å². The van der Waals surface area contributed by atoms with Crippen molar-refractivity contribution in [2.24, 2.45) is 0 Å². The van der Waals surface area contributed by atoms with Crippen LogP contribution < -0.4 is 10.1 Å². The van der Waals surface area contributed by atoms with E-state index in [-0.39, 0.29) is 0 Å². The van der Waals surface area contributed by atoms with E-state index in [0.29, 0.717) is 30.2 Å². The van der Waals surface area contributed by atoms with Crippen molar-refractivity contribution in [3.05, 3.63) is 65.4 Å². The van der Waals surface area contributed by atoms with Gasteiger partial charge in [0.25, 0.3) is 0 Å². The molecule has 2 N–H and O–H groups in total. The Labute approximate surface area is 180 Å². The van der Waals surface area contributed by atoms with Crippen LogP contribution >= 0.6 is 0 Å². The van der Waals surface area contributed by atoms with Crippen molar-refractivity contribution in [1.82, 2.24) is 9.88 Å². The third-order valence-corrected chi connectivity index (χ3v) is 5.18. The topological polar surface area (TPSA) is 89.8 Å². The van der Waals surface area contributed by atoms with Crippen LogP contribution in [0.25, 0.3) is 10.9 Å². The first-order chi connectivity index (χ1) is 14.7. The molecule has 3 aromatic rings. The van der Waals surface area contributed by atoms with E-state index < -0.39 is 23.8 Å². The van der Waals surface area contributed by atoms with Gasteiger partial charge in [0.1, 0.15) is 30.3 Å². The van der Waals surface area contributed by atoms with Crippen molar-refractivity contribution in [1.29, 1.82) is 0 Å². The molecular weight excluding hydrogens is 396 g/mol. The Bertz CT molecular complexity index is 1110. The molecule has 0 saturated heterocycles. The van der Waals surface area contributed by atoms with E-state index in [2.05, 4.69) is 5.32 Å². The quantitative estimate of drug-likeness (QED) is 0.607. The number of carbonyl (C=O) groups is 2. The van der Waals surface area contributed by atoms with E-state index in [1.807, 2.05) is 41.0 Å². The lowest BCUT2D eigenvalue weighted by atomic mass is 10.1. The van der Waals surface area contributed by atoms with E-state index in [0.717, 1.165) is 22.8 Å². The molecule has 0 fully saturated rings. The Hall–Kier alpha value is -3.32. The number of nitrogens with zero attached hydrogens (tertiary/aromatic N) is 1. The fraction of sp³-hybridized carbons (Fsp3) is 0.333. The van der Waals surface area contributed by atoms with Crippen LogP contribution in [0.4, 0.5) is 4.79 Å². The minimum absolute atomic E-state index is 0.361. The minimum atomic E-state index is -0.901. The third kappa shape index (κ3) is 4.41. The summed E-state index contributed by atoms with van der Waals surface area (Å²) in [5.74, 6) is 0.578. The first-order valence-corrected chi connectivity index (χ1v) is 10.2. The number of rotatable bonds is 5. The third-order valence-electron chi connectivity index (χ3n) is 5.18. The maximum Gasteiger partial charge on any atom is 0.408 e. The van der Waals surface area contributed by atoms with E-state index in [1.54, 1.807) is 32.9 Å². The standard InChI is InChI=1S/C24H26N2O5/c1-24(2,3)31-23(29)25-18-12-26-19-9-16(13-27)10-21(17(19)11-20(26)22(18)28)30-14-15-7-5-4-6-8-15/h4-11,13,18,22,28H,12,14H2,1-3H3,(H,25,29)/t18-,22-/m0/s1. The molecule has 1 aliphatic heterocycles. The van der Waals surface area contributed by atoms with Crippen molar-refractivity contribution < 1.29 is 24.2 Å². The Kier molecular flexibility index (Phi) is 5.45. The number of aliphatic hydroxyl groups is 1. The molecule has 4 rings (SSSR count). The Morgan fingerprint density at radius 1 is 1.23 bits per heavy atom. The lowest BCUT2D eigenvalue weighted by molar-refractivity contribution is 0.0437. The van der Waals surface area contributed by atoms with Crippen molar-refractivity contribution in [3.8, 4) is 5.75 Å². The fourth-order valence-electron chi connectivity index (χ4n) is 3.82. The zero-order chi connectivity index (χ0) is 22.2. The number of aliphatic hydroxyl groups excluding tert-OH is 1. The molecule has 0 radical (unpaired) electrons. The normalized spacial score (nSPS) is 17.9. The summed E-state index contributed by atoms with van der Waals surface area (Å²) in [6, 6.07) is 14.6. The largest absolute Gasteiger partial charge is 0.488 e. The molecule has 0 bridgehead atoms. The van der Waals surface area contributed by atoms with Gasteiger partial charge >= 0.3 is 6.09 Å². The van der Waals surface area contributed by atoms with Crippen LogP contribution in [-0.4, -0.2) is 33.7 Å². The second-order valence-electron chi connectivity index (χ2n) is 8.72. The van der Waals surface area contributed by atoms with Gasteiger partial charge in [0.15, 0.2) is 0 Å². The van der Waals surface area contributed by atoms with E-state index in [1.165, 1.54) is 0 Å². The van der Waals surface area contributed by atoms with Crippen LogP contribution in [0, 0.1) is 0 Å². The van der Waals surface area contributed by atoms with Gasteiger partial charge in [-0.15, -0.1) is 0 Å². The molecule has 31 heavy (non-hydrogen) atoms. The highest BCUT2D eigenvalue weighted by molar-refractivity contribution is 5.93. The summed E-state index contributed by atoms with van der Waals surface area (Å²) in [6.45, 7) is 6.08. The Morgan fingerprint density at radius 3 is 2.65 bits per heavy atom. The number of ether oxygens (including phenoxy) is 2. The Balaban J connectivity index is 1.60. The molecule has 2 heterocycles. The van der Waals surface area contributed by atoms with Crippen molar-refractivity contribution in [3.63, 3.8) is 0 Å². The highest BCUT2D eigenvalue weighted by atomic mass is 16.6. The van der Waals surface area contributed by atoms with Crippen molar-refractivity contribution >= 4 is 23.3 Å². The van der Waals surface area contributed by atoms with Gasteiger partial charge in [-0.05, 0) is 44.5 Å². The number of amides is 1. The summed E-state index contributed by atoms with van der Waals surface area (Å²) in [4.78, 5) is 23.7. The highest BCUT2D eigenvalue weighted by Gasteiger charge is 2.35. The van der Waals surface area contributed by atoms with Crippen molar-refractivity contribution in [2.45, 2.75) is 51.7 Å².